The normalized spacial score (nSPS) is 16.9. The number of ether oxygens (including phenoxy) is 2. The summed E-state index contributed by atoms with van der Waals surface area (Å²) in [5.41, 5.74) is 3.20. The van der Waals surface area contributed by atoms with Crippen LogP contribution in [0.5, 0.6) is 11.5 Å². The largest absolute Gasteiger partial charge is 0.573 e. The van der Waals surface area contributed by atoms with Crippen LogP contribution in [-0.4, -0.2) is 37.4 Å². The molecule has 192 valence electrons. The molecule has 0 amide bonds. The highest BCUT2D eigenvalue weighted by Crippen LogP contribution is 2.44. The molecular formula is C26H23F6NO3. The third-order valence-electron chi connectivity index (χ3n) is 6.11. The Kier molecular flexibility index (Phi) is 7.08. The molecule has 1 aliphatic rings. The molecule has 3 aromatic rings. The van der Waals surface area contributed by atoms with Crippen LogP contribution in [0, 0.1) is 0 Å². The lowest BCUT2D eigenvalue weighted by atomic mass is 9.86. The van der Waals surface area contributed by atoms with Crippen molar-refractivity contribution in [1.29, 1.82) is 0 Å². The lowest BCUT2D eigenvalue weighted by Gasteiger charge is -2.41. The first-order valence-corrected chi connectivity index (χ1v) is 11.1. The topological polar surface area (TPSA) is 41.9 Å². The van der Waals surface area contributed by atoms with Crippen molar-refractivity contribution >= 4 is 5.69 Å². The summed E-state index contributed by atoms with van der Waals surface area (Å²) in [6.45, 7) is -0.785. The maximum absolute atomic E-state index is 13.4. The van der Waals surface area contributed by atoms with Crippen molar-refractivity contribution in [3.63, 3.8) is 0 Å². The third-order valence-corrected chi connectivity index (χ3v) is 6.11. The highest BCUT2D eigenvalue weighted by atomic mass is 19.4. The van der Waals surface area contributed by atoms with E-state index >= 15 is 0 Å². The first-order chi connectivity index (χ1) is 17.0. The molecule has 3 aromatic carbocycles. The summed E-state index contributed by atoms with van der Waals surface area (Å²) in [7, 11) is 1.53. The average molecular weight is 511 g/mol. The number of hydrogen-bond acceptors (Lipinski definition) is 4. The first kappa shape index (κ1) is 25.7. The molecule has 0 spiro atoms. The molecule has 1 N–H and O–H groups in total. The van der Waals surface area contributed by atoms with Gasteiger partial charge in [-0.25, -0.2) is 0 Å². The Hall–Kier alpha value is -3.40. The van der Waals surface area contributed by atoms with Gasteiger partial charge in [0.2, 0.25) is 0 Å². The van der Waals surface area contributed by atoms with E-state index < -0.39 is 37.0 Å². The van der Waals surface area contributed by atoms with E-state index in [0.717, 1.165) is 22.8 Å². The second-order valence-corrected chi connectivity index (χ2v) is 8.42. The number of aliphatic hydroxyl groups is 1. The maximum atomic E-state index is 13.4. The van der Waals surface area contributed by atoms with Gasteiger partial charge in [0.1, 0.15) is 11.5 Å². The molecular weight excluding hydrogens is 488 g/mol. The van der Waals surface area contributed by atoms with Crippen molar-refractivity contribution in [2.45, 2.75) is 37.5 Å². The van der Waals surface area contributed by atoms with Gasteiger partial charge < -0.3 is 19.5 Å². The Morgan fingerprint density at radius 2 is 1.64 bits per heavy atom. The zero-order valence-corrected chi connectivity index (χ0v) is 19.1. The lowest BCUT2D eigenvalue weighted by Crippen LogP contribution is -2.44. The number of hydrogen-bond donors (Lipinski definition) is 1. The number of anilines is 1. The van der Waals surface area contributed by atoms with Gasteiger partial charge in [-0.2, -0.15) is 13.2 Å². The Labute approximate surface area is 203 Å². The number of nitrogens with zero attached hydrogens (tertiary/aromatic N) is 1. The van der Waals surface area contributed by atoms with Gasteiger partial charge in [0, 0.05) is 5.69 Å². The maximum Gasteiger partial charge on any atom is 0.573 e. The molecule has 0 unspecified atom stereocenters. The quantitative estimate of drug-likeness (QED) is 0.375. The number of aliphatic hydroxyl groups excluding tert-OH is 1. The minimum Gasteiger partial charge on any atom is -0.497 e. The second-order valence-electron chi connectivity index (χ2n) is 8.42. The van der Waals surface area contributed by atoms with Crippen molar-refractivity contribution in [2.24, 2.45) is 0 Å². The number of benzene rings is 3. The molecule has 2 atom stereocenters. The Morgan fingerprint density at radius 1 is 0.944 bits per heavy atom. The van der Waals surface area contributed by atoms with Crippen LogP contribution >= 0.6 is 0 Å². The Bertz CT molecular complexity index is 1210. The second kappa shape index (κ2) is 9.93. The molecule has 0 saturated heterocycles. The number of fused-ring (bicyclic) bond motifs is 1. The predicted molar refractivity (Wildman–Crippen MR) is 122 cm³/mol. The van der Waals surface area contributed by atoms with Crippen molar-refractivity contribution in [1.82, 2.24) is 0 Å². The van der Waals surface area contributed by atoms with Gasteiger partial charge >= 0.3 is 12.5 Å². The highest BCUT2D eigenvalue weighted by molar-refractivity contribution is 5.76. The standard InChI is InChI=1S/C26H23F6NO3/c1-35-18-7-2-5-16(13-18)20-9-4-10-23-21(20)11-12-22(33(23)15-24(34)25(27,28)29)17-6-3-8-19(14-17)36-26(30,31)32/h2-10,13-14,22,24,34H,11-12,15H2,1H3/t22-,24-/m0/s1. The van der Waals surface area contributed by atoms with Crippen LogP contribution in [0.15, 0.2) is 66.7 Å². The fourth-order valence-electron chi connectivity index (χ4n) is 4.55. The number of alkyl halides is 6. The summed E-state index contributed by atoms with van der Waals surface area (Å²) < 4.78 is 87.6. The summed E-state index contributed by atoms with van der Waals surface area (Å²) in [5.74, 6) is 0.150. The lowest BCUT2D eigenvalue weighted by molar-refractivity contribution is -0.274. The van der Waals surface area contributed by atoms with Crippen LogP contribution in [0.4, 0.5) is 32.0 Å². The Balaban J connectivity index is 1.78. The van der Waals surface area contributed by atoms with Crippen molar-refractivity contribution < 1.29 is 40.9 Å². The van der Waals surface area contributed by atoms with Crippen molar-refractivity contribution in [3.8, 4) is 22.6 Å². The van der Waals surface area contributed by atoms with E-state index in [1.165, 1.54) is 30.2 Å². The van der Waals surface area contributed by atoms with Gasteiger partial charge in [-0.15, -0.1) is 13.2 Å². The van der Waals surface area contributed by atoms with E-state index in [4.69, 9.17) is 4.74 Å². The highest BCUT2D eigenvalue weighted by Gasteiger charge is 2.42. The van der Waals surface area contributed by atoms with Crippen LogP contribution in [0.2, 0.25) is 0 Å². The van der Waals surface area contributed by atoms with E-state index in [1.807, 2.05) is 18.2 Å². The zero-order chi connectivity index (χ0) is 26.1. The third kappa shape index (κ3) is 5.70. The smallest absolute Gasteiger partial charge is 0.497 e. The molecule has 10 heteroatoms. The number of β-amino-alcohol motifs (C(OH)–C–C–N with tert-alkyl or cyclic N) is 1. The molecule has 0 radical (unpaired) electrons. The molecule has 0 aliphatic carbocycles. The van der Waals surface area contributed by atoms with Crippen LogP contribution in [-0.2, 0) is 6.42 Å². The molecule has 0 fully saturated rings. The summed E-state index contributed by atoms with van der Waals surface area (Å²) in [5, 5.41) is 9.93. The molecule has 36 heavy (non-hydrogen) atoms. The van der Waals surface area contributed by atoms with Crippen LogP contribution < -0.4 is 14.4 Å². The van der Waals surface area contributed by atoms with Gasteiger partial charge in [-0.3, -0.25) is 0 Å². The number of rotatable bonds is 6. The van der Waals surface area contributed by atoms with Crippen LogP contribution in [0.3, 0.4) is 0 Å². The van der Waals surface area contributed by atoms with Crippen LogP contribution in [0.1, 0.15) is 23.6 Å². The van der Waals surface area contributed by atoms with E-state index in [0.29, 0.717) is 29.8 Å². The van der Waals surface area contributed by atoms with Crippen LogP contribution in [0.25, 0.3) is 11.1 Å². The van der Waals surface area contributed by atoms with Crippen molar-refractivity contribution in [3.05, 3.63) is 77.9 Å². The van der Waals surface area contributed by atoms with E-state index in [9.17, 15) is 31.4 Å². The van der Waals surface area contributed by atoms with E-state index in [1.54, 1.807) is 24.3 Å². The molecule has 0 saturated carbocycles. The van der Waals surface area contributed by atoms with Gasteiger partial charge in [0.05, 0.1) is 19.7 Å². The molecule has 0 bridgehead atoms. The summed E-state index contributed by atoms with van der Waals surface area (Å²) in [6, 6.07) is 16.9. The number of methoxy groups -OCH3 is 1. The fourth-order valence-corrected chi connectivity index (χ4v) is 4.55. The van der Waals surface area contributed by atoms with Gasteiger partial charge in [0.15, 0.2) is 6.10 Å². The molecule has 4 nitrogen and oxygen atoms in total. The summed E-state index contributed by atoms with van der Waals surface area (Å²) in [6.07, 6.45) is -11.7. The SMILES string of the molecule is COc1cccc(-c2cccc3c2CC[C@@H](c2cccc(OC(F)(F)F)c2)N3C[C@H](O)C(F)(F)F)c1. The Morgan fingerprint density at radius 3 is 2.33 bits per heavy atom. The molecule has 4 rings (SSSR count). The predicted octanol–water partition coefficient (Wildman–Crippen LogP) is 6.68. The fraction of sp³-hybridized carbons (Fsp3) is 0.308. The minimum absolute atomic E-state index is 0.314. The molecule has 1 aliphatic heterocycles. The monoisotopic (exact) mass is 511 g/mol. The summed E-state index contributed by atoms with van der Waals surface area (Å²) >= 11 is 0. The molecule has 1 heterocycles. The number of halogens is 6. The van der Waals surface area contributed by atoms with Gasteiger partial charge in [-0.05, 0) is 65.4 Å². The minimum atomic E-state index is -4.91. The van der Waals surface area contributed by atoms with Crippen molar-refractivity contribution in [2.75, 3.05) is 18.6 Å². The van der Waals surface area contributed by atoms with E-state index in [-0.39, 0.29) is 0 Å². The average Bonchev–Trinajstić information content (AvgIpc) is 2.82. The zero-order valence-electron chi connectivity index (χ0n) is 19.1. The summed E-state index contributed by atoms with van der Waals surface area (Å²) in [4.78, 5) is 1.41. The van der Waals surface area contributed by atoms with Gasteiger partial charge in [-0.1, -0.05) is 36.4 Å². The van der Waals surface area contributed by atoms with E-state index in [2.05, 4.69) is 4.74 Å². The first-order valence-electron chi connectivity index (χ1n) is 11.1. The molecule has 0 aromatic heterocycles. The van der Waals surface area contributed by atoms with Gasteiger partial charge in [0.25, 0.3) is 0 Å².